The summed E-state index contributed by atoms with van der Waals surface area (Å²) in [4.78, 5) is 0. The minimum atomic E-state index is -0.106. The molecular formula is C16H18ClNO. The quantitative estimate of drug-likeness (QED) is 0.905. The van der Waals surface area contributed by atoms with Gasteiger partial charge in [-0.15, -0.1) is 0 Å². The minimum Gasteiger partial charge on any atom is -0.489 e. The van der Waals surface area contributed by atoms with Gasteiger partial charge in [0.1, 0.15) is 12.4 Å². The fourth-order valence-electron chi connectivity index (χ4n) is 1.93. The molecule has 2 aromatic carbocycles. The average Bonchev–Trinajstić information content (AvgIpc) is 2.38. The lowest BCUT2D eigenvalue weighted by atomic mass is 10.1. The van der Waals surface area contributed by atoms with Crippen molar-refractivity contribution in [1.29, 1.82) is 0 Å². The van der Waals surface area contributed by atoms with Crippen molar-refractivity contribution in [2.75, 3.05) is 0 Å². The van der Waals surface area contributed by atoms with Crippen LogP contribution in [-0.4, -0.2) is 0 Å². The van der Waals surface area contributed by atoms with Crippen molar-refractivity contribution >= 4 is 11.6 Å². The molecule has 3 heteroatoms. The second-order valence-electron chi connectivity index (χ2n) is 4.69. The van der Waals surface area contributed by atoms with Crippen molar-refractivity contribution in [2.45, 2.75) is 26.5 Å². The first-order valence-electron chi connectivity index (χ1n) is 6.30. The molecule has 100 valence electrons. The average molecular weight is 276 g/mol. The van der Waals surface area contributed by atoms with E-state index < -0.39 is 0 Å². The highest BCUT2D eigenvalue weighted by atomic mass is 35.5. The van der Waals surface area contributed by atoms with Crippen LogP contribution < -0.4 is 10.5 Å². The van der Waals surface area contributed by atoms with Gasteiger partial charge in [-0.1, -0.05) is 35.9 Å². The van der Waals surface area contributed by atoms with Crippen molar-refractivity contribution < 1.29 is 4.74 Å². The van der Waals surface area contributed by atoms with E-state index >= 15 is 0 Å². The van der Waals surface area contributed by atoms with Gasteiger partial charge in [0.2, 0.25) is 0 Å². The van der Waals surface area contributed by atoms with E-state index in [0.29, 0.717) is 11.6 Å². The zero-order valence-corrected chi connectivity index (χ0v) is 11.9. The third-order valence-corrected chi connectivity index (χ3v) is 3.34. The van der Waals surface area contributed by atoms with Gasteiger partial charge in [-0.3, -0.25) is 0 Å². The number of ether oxygens (including phenoxy) is 1. The molecule has 0 aromatic heterocycles. The third-order valence-electron chi connectivity index (χ3n) is 3.11. The molecule has 0 fully saturated rings. The fourth-order valence-corrected chi connectivity index (χ4v) is 2.11. The van der Waals surface area contributed by atoms with Gasteiger partial charge in [0, 0.05) is 16.6 Å². The van der Waals surface area contributed by atoms with Crippen LogP contribution >= 0.6 is 11.6 Å². The van der Waals surface area contributed by atoms with Crippen LogP contribution in [0.4, 0.5) is 0 Å². The molecule has 1 unspecified atom stereocenters. The summed E-state index contributed by atoms with van der Waals surface area (Å²) in [6, 6.07) is 13.6. The van der Waals surface area contributed by atoms with E-state index in [1.54, 1.807) is 0 Å². The van der Waals surface area contributed by atoms with Crippen LogP contribution in [0.2, 0.25) is 5.02 Å². The number of nitrogens with two attached hydrogens (primary N) is 1. The molecule has 0 saturated carbocycles. The molecule has 2 N–H and O–H groups in total. The molecule has 19 heavy (non-hydrogen) atoms. The molecule has 2 rings (SSSR count). The molecule has 0 aliphatic rings. The molecule has 0 spiro atoms. The lowest BCUT2D eigenvalue weighted by Crippen LogP contribution is -2.08. The maximum absolute atomic E-state index is 5.99. The van der Waals surface area contributed by atoms with Crippen molar-refractivity contribution in [3.05, 3.63) is 64.2 Å². The highest BCUT2D eigenvalue weighted by Gasteiger charge is 2.09. The van der Waals surface area contributed by atoms with Gasteiger partial charge < -0.3 is 10.5 Å². The minimum absolute atomic E-state index is 0.106. The van der Waals surface area contributed by atoms with E-state index in [1.165, 1.54) is 11.1 Å². The Morgan fingerprint density at radius 1 is 1.21 bits per heavy atom. The van der Waals surface area contributed by atoms with Crippen molar-refractivity contribution in [3.63, 3.8) is 0 Å². The Morgan fingerprint density at radius 3 is 2.63 bits per heavy atom. The van der Waals surface area contributed by atoms with Gasteiger partial charge in [0.05, 0.1) is 0 Å². The summed E-state index contributed by atoms with van der Waals surface area (Å²) < 4.78 is 5.88. The van der Waals surface area contributed by atoms with Crippen LogP contribution in [0.1, 0.15) is 29.7 Å². The van der Waals surface area contributed by atoms with E-state index in [1.807, 2.05) is 37.3 Å². The van der Waals surface area contributed by atoms with Gasteiger partial charge in [0.15, 0.2) is 0 Å². The van der Waals surface area contributed by atoms with E-state index in [4.69, 9.17) is 22.1 Å². The summed E-state index contributed by atoms with van der Waals surface area (Å²) in [6.07, 6.45) is 0. The van der Waals surface area contributed by atoms with Crippen LogP contribution in [0.5, 0.6) is 5.75 Å². The molecule has 0 radical (unpaired) electrons. The summed E-state index contributed by atoms with van der Waals surface area (Å²) in [6.45, 7) is 4.54. The monoisotopic (exact) mass is 275 g/mol. The third kappa shape index (κ3) is 3.49. The Labute approximate surface area is 119 Å². The SMILES string of the molecule is Cc1ccccc1COc1ccc(Cl)cc1C(C)N. The van der Waals surface area contributed by atoms with Crippen molar-refractivity contribution in [1.82, 2.24) is 0 Å². The smallest absolute Gasteiger partial charge is 0.124 e. The molecule has 2 aromatic rings. The van der Waals surface area contributed by atoms with E-state index in [-0.39, 0.29) is 6.04 Å². The second kappa shape index (κ2) is 6.09. The molecule has 0 saturated heterocycles. The molecule has 0 aliphatic carbocycles. The summed E-state index contributed by atoms with van der Waals surface area (Å²) in [5, 5.41) is 0.676. The number of benzene rings is 2. The Morgan fingerprint density at radius 2 is 1.95 bits per heavy atom. The normalized spacial score (nSPS) is 12.2. The molecule has 0 heterocycles. The van der Waals surface area contributed by atoms with E-state index in [2.05, 4.69) is 19.1 Å². The highest BCUT2D eigenvalue weighted by Crippen LogP contribution is 2.28. The number of halogens is 1. The summed E-state index contributed by atoms with van der Waals surface area (Å²) in [5.74, 6) is 0.794. The van der Waals surface area contributed by atoms with Crippen LogP contribution in [0.3, 0.4) is 0 Å². The number of hydrogen-bond donors (Lipinski definition) is 1. The molecule has 0 amide bonds. The Kier molecular flexibility index (Phi) is 4.46. The topological polar surface area (TPSA) is 35.2 Å². The maximum atomic E-state index is 5.99. The Balaban J connectivity index is 2.18. The largest absolute Gasteiger partial charge is 0.489 e. The summed E-state index contributed by atoms with van der Waals surface area (Å²) >= 11 is 5.99. The summed E-state index contributed by atoms with van der Waals surface area (Å²) in [5.41, 5.74) is 9.27. The molecule has 1 atom stereocenters. The number of rotatable bonds is 4. The summed E-state index contributed by atoms with van der Waals surface area (Å²) in [7, 11) is 0. The predicted molar refractivity (Wildman–Crippen MR) is 79.6 cm³/mol. The Bertz CT molecular complexity index is 566. The first-order valence-corrected chi connectivity index (χ1v) is 6.68. The number of hydrogen-bond acceptors (Lipinski definition) is 2. The fraction of sp³-hybridized carbons (Fsp3) is 0.250. The van der Waals surface area contributed by atoms with Crippen molar-refractivity contribution in [3.8, 4) is 5.75 Å². The van der Waals surface area contributed by atoms with E-state index in [0.717, 1.165) is 11.3 Å². The maximum Gasteiger partial charge on any atom is 0.124 e. The molecule has 0 aliphatic heterocycles. The molecule has 2 nitrogen and oxygen atoms in total. The first-order chi connectivity index (χ1) is 9.08. The lowest BCUT2D eigenvalue weighted by molar-refractivity contribution is 0.301. The van der Waals surface area contributed by atoms with Gasteiger partial charge in [-0.25, -0.2) is 0 Å². The van der Waals surface area contributed by atoms with E-state index in [9.17, 15) is 0 Å². The zero-order chi connectivity index (χ0) is 13.8. The second-order valence-corrected chi connectivity index (χ2v) is 5.12. The standard InChI is InChI=1S/C16H18ClNO/c1-11-5-3-4-6-13(11)10-19-16-8-7-14(17)9-15(16)12(2)18/h3-9,12H,10,18H2,1-2H3. The molecule has 0 bridgehead atoms. The van der Waals surface area contributed by atoms with Gasteiger partial charge in [0.25, 0.3) is 0 Å². The van der Waals surface area contributed by atoms with Crippen molar-refractivity contribution in [2.24, 2.45) is 5.73 Å². The van der Waals surface area contributed by atoms with Gasteiger partial charge in [-0.05, 0) is 43.2 Å². The van der Waals surface area contributed by atoms with Gasteiger partial charge >= 0.3 is 0 Å². The van der Waals surface area contributed by atoms with Crippen LogP contribution in [0.25, 0.3) is 0 Å². The lowest BCUT2D eigenvalue weighted by Gasteiger charge is -2.15. The predicted octanol–water partition coefficient (Wildman–Crippen LogP) is 4.25. The van der Waals surface area contributed by atoms with Crippen LogP contribution in [0, 0.1) is 6.92 Å². The molecular weight excluding hydrogens is 258 g/mol. The Hall–Kier alpha value is -1.51. The van der Waals surface area contributed by atoms with Gasteiger partial charge in [-0.2, -0.15) is 0 Å². The zero-order valence-electron chi connectivity index (χ0n) is 11.2. The first kappa shape index (κ1) is 13.9. The van der Waals surface area contributed by atoms with Crippen LogP contribution in [0.15, 0.2) is 42.5 Å². The highest BCUT2D eigenvalue weighted by molar-refractivity contribution is 6.30. The number of aryl methyl sites for hydroxylation is 1. The van der Waals surface area contributed by atoms with Crippen LogP contribution in [-0.2, 0) is 6.61 Å².